The van der Waals surface area contributed by atoms with E-state index in [1.165, 1.54) is 12.0 Å². The van der Waals surface area contributed by atoms with Crippen molar-refractivity contribution in [1.29, 1.82) is 0 Å². The molecule has 98 valence electrons. The Morgan fingerprint density at radius 3 is 3.16 bits per heavy atom. The van der Waals surface area contributed by atoms with Gasteiger partial charge in [-0.25, -0.2) is 0 Å². The number of rotatable bonds is 0. The van der Waals surface area contributed by atoms with Gasteiger partial charge in [0.1, 0.15) is 5.75 Å². The van der Waals surface area contributed by atoms with Gasteiger partial charge in [0.2, 0.25) is 5.79 Å². The zero-order valence-corrected chi connectivity index (χ0v) is 10.8. The van der Waals surface area contributed by atoms with Gasteiger partial charge in [0.25, 0.3) is 0 Å². The number of ether oxygens (including phenoxy) is 1. The minimum atomic E-state index is -0.943. The number of aromatic nitrogens is 1. The maximum absolute atomic E-state index is 10.7. The van der Waals surface area contributed by atoms with Crippen LogP contribution in [-0.2, 0) is 6.42 Å². The lowest BCUT2D eigenvalue weighted by Gasteiger charge is -2.44. The molecule has 0 amide bonds. The molecule has 1 fully saturated rings. The molecule has 1 aromatic carbocycles. The van der Waals surface area contributed by atoms with Crippen LogP contribution in [0.3, 0.4) is 0 Å². The SMILES string of the molecule is O[C@]12CCCC[C@@H]1Cc1c(ccc3ncccc13)O2. The summed E-state index contributed by atoms with van der Waals surface area (Å²) in [6.07, 6.45) is 6.76. The van der Waals surface area contributed by atoms with Crippen molar-refractivity contribution in [2.75, 3.05) is 0 Å². The van der Waals surface area contributed by atoms with Gasteiger partial charge in [0, 0.05) is 29.5 Å². The topological polar surface area (TPSA) is 42.4 Å². The fraction of sp³-hybridized carbons (Fsp3) is 0.438. The molecule has 2 aliphatic rings. The Bertz CT molecular complexity index is 640. The predicted octanol–water partition coefficient (Wildman–Crippen LogP) is 3.05. The molecule has 0 bridgehead atoms. The Balaban J connectivity index is 1.87. The van der Waals surface area contributed by atoms with E-state index in [9.17, 15) is 5.11 Å². The van der Waals surface area contributed by atoms with E-state index < -0.39 is 5.79 Å². The van der Waals surface area contributed by atoms with Crippen molar-refractivity contribution in [2.24, 2.45) is 5.92 Å². The molecule has 0 unspecified atom stereocenters. The number of nitrogens with zero attached hydrogens (tertiary/aromatic N) is 1. The number of hydrogen-bond acceptors (Lipinski definition) is 3. The third-order valence-corrected chi connectivity index (χ3v) is 4.57. The standard InChI is InChI=1S/C16H17NO2/c18-16-8-2-1-4-11(16)10-13-12-5-3-9-17-14(12)6-7-15(13)19-16/h3,5-7,9,11,18H,1-2,4,8,10H2/t11-,16+/m1/s1. The van der Waals surface area contributed by atoms with Gasteiger partial charge in [-0.1, -0.05) is 12.5 Å². The fourth-order valence-electron chi connectivity index (χ4n) is 3.53. The van der Waals surface area contributed by atoms with Gasteiger partial charge in [0.15, 0.2) is 0 Å². The van der Waals surface area contributed by atoms with Crippen LogP contribution in [0.25, 0.3) is 10.9 Å². The summed E-state index contributed by atoms with van der Waals surface area (Å²) in [5.41, 5.74) is 2.22. The second-order valence-corrected chi connectivity index (χ2v) is 5.71. The van der Waals surface area contributed by atoms with E-state index in [0.717, 1.165) is 42.3 Å². The Hall–Kier alpha value is -1.61. The second-order valence-electron chi connectivity index (χ2n) is 5.71. The van der Waals surface area contributed by atoms with Gasteiger partial charge in [-0.3, -0.25) is 4.98 Å². The van der Waals surface area contributed by atoms with E-state index in [2.05, 4.69) is 11.1 Å². The first-order valence-corrected chi connectivity index (χ1v) is 7.04. The van der Waals surface area contributed by atoms with Crippen LogP contribution in [0.1, 0.15) is 31.2 Å². The Morgan fingerprint density at radius 2 is 2.21 bits per heavy atom. The number of aliphatic hydroxyl groups is 1. The first-order chi connectivity index (χ1) is 9.26. The Kier molecular flexibility index (Phi) is 2.33. The summed E-state index contributed by atoms with van der Waals surface area (Å²) in [6.45, 7) is 0. The van der Waals surface area contributed by atoms with E-state index >= 15 is 0 Å². The summed E-state index contributed by atoms with van der Waals surface area (Å²) >= 11 is 0. The molecule has 1 N–H and O–H groups in total. The van der Waals surface area contributed by atoms with E-state index in [0.29, 0.717) is 0 Å². The van der Waals surface area contributed by atoms with Crippen LogP contribution in [0.15, 0.2) is 30.5 Å². The van der Waals surface area contributed by atoms with E-state index in [4.69, 9.17) is 4.74 Å². The van der Waals surface area contributed by atoms with Crippen LogP contribution in [0.2, 0.25) is 0 Å². The molecule has 3 nitrogen and oxygen atoms in total. The lowest BCUT2D eigenvalue weighted by molar-refractivity contribution is -0.203. The summed E-state index contributed by atoms with van der Waals surface area (Å²) in [4.78, 5) is 4.39. The quantitative estimate of drug-likeness (QED) is 0.786. The molecular weight excluding hydrogens is 238 g/mol. The number of benzene rings is 1. The molecular formula is C16H17NO2. The monoisotopic (exact) mass is 255 g/mol. The first kappa shape index (κ1) is 11.2. The summed E-state index contributed by atoms with van der Waals surface area (Å²) < 4.78 is 5.96. The van der Waals surface area contributed by atoms with Crippen molar-refractivity contribution >= 4 is 10.9 Å². The van der Waals surface area contributed by atoms with Crippen LogP contribution < -0.4 is 4.74 Å². The van der Waals surface area contributed by atoms with Crippen LogP contribution >= 0.6 is 0 Å². The van der Waals surface area contributed by atoms with Crippen molar-refractivity contribution in [3.8, 4) is 5.75 Å². The van der Waals surface area contributed by atoms with Crippen LogP contribution in [0, 0.1) is 5.92 Å². The zero-order chi connectivity index (χ0) is 12.9. The Labute approximate surface area is 112 Å². The average molecular weight is 255 g/mol. The molecule has 1 aliphatic carbocycles. The number of hydrogen-bond donors (Lipinski definition) is 1. The van der Waals surface area contributed by atoms with Gasteiger partial charge in [0.05, 0.1) is 5.52 Å². The minimum absolute atomic E-state index is 0.222. The third-order valence-electron chi connectivity index (χ3n) is 4.57. The highest BCUT2D eigenvalue weighted by Gasteiger charge is 2.45. The molecule has 2 aromatic rings. The first-order valence-electron chi connectivity index (χ1n) is 7.04. The van der Waals surface area contributed by atoms with Crippen molar-refractivity contribution in [2.45, 2.75) is 37.9 Å². The predicted molar refractivity (Wildman–Crippen MR) is 73.0 cm³/mol. The minimum Gasteiger partial charge on any atom is -0.462 e. The molecule has 0 radical (unpaired) electrons. The molecule has 1 aliphatic heterocycles. The lowest BCUT2D eigenvalue weighted by atomic mass is 9.77. The molecule has 4 rings (SSSR count). The van der Waals surface area contributed by atoms with E-state index in [1.54, 1.807) is 0 Å². The average Bonchev–Trinajstić information content (AvgIpc) is 2.44. The molecule has 1 aromatic heterocycles. The van der Waals surface area contributed by atoms with Gasteiger partial charge >= 0.3 is 0 Å². The van der Waals surface area contributed by atoms with Gasteiger partial charge in [-0.2, -0.15) is 0 Å². The van der Waals surface area contributed by atoms with Crippen molar-refractivity contribution in [3.63, 3.8) is 0 Å². The van der Waals surface area contributed by atoms with Crippen molar-refractivity contribution in [1.82, 2.24) is 4.98 Å². The fourth-order valence-corrected chi connectivity index (χ4v) is 3.53. The normalized spacial score (nSPS) is 29.4. The molecule has 0 saturated heterocycles. The summed E-state index contributed by atoms with van der Waals surface area (Å²) in [5.74, 6) is 0.113. The molecule has 2 atom stereocenters. The molecule has 0 spiro atoms. The highest BCUT2D eigenvalue weighted by atomic mass is 16.6. The van der Waals surface area contributed by atoms with Crippen molar-refractivity contribution < 1.29 is 9.84 Å². The van der Waals surface area contributed by atoms with Crippen LogP contribution in [-0.4, -0.2) is 15.9 Å². The number of pyridine rings is 1. The smallest absolute Gasteiger partial charge is 0.211 e. The maximum atomic E-state index is 10.7. The van der Waals surface area contributed by atoms with E-state index in [1.807, 2.05) is 24.4 Å². The number of fused-ring (bicyclic) bond motifs is 4. The summed E-state index contributed by atoms with van der Waals surface area (Å²) in [5, 5.41) is 11.8. The highest BCUT2D eigenvalue weighted by molar-refractivity contribution is 5.84. The van der Waals surface area contributed by atoms with E-state index in [-0.39, 0.29) is 5.92 Å². The van der Waals surface area contributed by atoms with Gasteiger partial charge in [-0.05, 0) is 37.5 Å². The molecule has 2 heterocycles. The largest absolute Gasteiger partial charge is 0.462 e. The summed E-state index contributed by atoms with van der Waals surface area (Å²) in [7, 11) is 0. The molecule has 1 saturated carbocycles. The zero-order valence-electron chi connectivity index (χ0n) is 10.8. The van der Waals surface area contributed by atoms with Gasteiger partial charge in [-0.15, -0.1) is 0 Å². The van der Waals surface area contributed by atoms with Crippen molar-refractivity contribution in [3.05, 3.63) is 36.0 Å². The van der Waals surface area contributed by atoms with Crippen LogP contribution in [0.4, 0.5) is 0 Å². The summed E-state index contributed by atoms with van der Waals surface area (Å²) in [6, 6.07) is 7.98. The lowest BCUT2D eigenvalue weighted by Crippen LogP contribution is -2.49. The molecule has 3 heteroatoms. The second kappa shape index (κ2) is 3.94. The third kappa shape index (κ3) is 1.65. The maximum Gasteiger partial charge on any atom is 0.211 e. The van der Waals surface area contributed by atoms with Crippen LogP contribution in [0.5, 0.6) is 5.75 Å². The molecule has 19 heavy (non-hydrogen) atoms. The van der Waals surface area contributed by atoms with Gasteiger partial charge < -0.3 is 9.84 Å². The highest BCUT2D eigenvalue weighted by Crippen LogP contribution is 2.45. The Morgan fingerprint density at radius 1 is 1.26 bits per heavy atom.